The minimum Gasteiger partial charge on any atom is -0.306 e. The third kappa shape index (κ3) is 3.03. The summed E-state index contributed by atoms with van der Waals surface area (Å²) in [6.07, 6.45) is 0. The van der Waals surface area contributed by atoms with Crippen molar-refractivity contribution in [3.63, 3.8) is 0 Å². The van der Waals surface area contributed by atoms with Gasteiger partial charge in [0.2, 0.25) is 0 Å². The second kappa shape index (κ2) is 6.26. The van der Waals surface area contributed by atoms with Crippen LogP contribution >= 0.6 is 27.3 Å². The molecule has 0 aliphatic rings. The van der Waals surface area contributed by atoms with Crippen LogP contribution in [0.3, 0.4) is 0 Å². The Bertz CT molecular complexity index is 735. The van der Waals surface area contributed by atoms with Crippen LogP contribution in [-0.2, 0) is 0 Å². The molecule has 0 spiro atoms. The Kier molecular flexibility index (Phi) is 4.38. The number of thiophene rings is 1. The van der Waals surface area contributed by atoms with E-state index in [1.165, 1.54) is 16.2 Å². The van der Waals surface area contributed by atoms with Gasteiger partial charge in [0.25, 0.3) is 0 Å². The van der Waals surface area contributed by atoms with Crippen LogP contribution in [-0.4, -0.2) is 6.54 Å². The van der Waals surface area contributed by atoms with Crippen LogP contribution in [0.2, 0.25) is 0 Å². The van der Waals surface area contributed by atoms with Crippen molar-refractivity contribution in [2.24, 2.45) is 0 Å². The first kappa shape index (κ1) is 14.7. The molecule has 0 bridgehead atoms. The molecule has 1 N–H and O–H groups in total. The summed E-state index contributed by atoms with van der Waals surface area (Å²) >= 11 is 5.14. The largest absolute Gasteiger partial charge is 0.306 e. The third-order valence-electron chi connectivity index (χ3n) is 3.41. The molecule has 0 saturated carbocycles. The molecular weight excluding hydrogens is 349 g/mol. The number of benzene rings is 2. The molecule has 108 valence electrons. The molecule has 0 aliphatic heterocycles. The lowest BCUT2D eigenvalue weighted by Crippen LogP contribution is -2.22. The first-order valence-corrected chi connectivity index (χ1v) is 8.47. The minimum absolute atomic E-state index is 0.120. The summed E-state index contributed by atoms with van der Waals surface area (Å²) < 4.78 is 16.3. The van der Waals surface area contributed by atoms with Gasteiger partial charge < -0.3 is 5.32 Å². The summed E-state index contributed by atoms with van der Waals surface area (Å²) in [6, 6.07) is 15.4. The van der Waals surface area contributed by atoms with Crippen LogP contribution in [0.1, 0.15) is 23.4 Å². The number of rotatable bonds is 4. The number of hydrogen-bond donors (Lipinski definition) is 1. The van der Waals surface area contributed by atoms with Crippen LogP contribution in [0.25, 0.3) is 10.1 Å². The van der Waals surface area contributed by atoms with Crippen LogP contribution in [0, 0.1) is 5.82 Å². The highest BCUT2D eigenvalue weighted by atomic mass is 79.9. The van der Waals surface area contributed by atoms with Crippen molar-refractivity contribution in [3.8, 4) is 0 Å². The lowest BCUT2D eigenvalue weighted by molar-refractivity contribution is 0.563. The standard InChI is InChI=1S/C17H15BrFNS/c1-2-20-17(13-10-12(18)7-8-14(13)19)16-9-11-5-3-4-6-15(11)21-16/h3-10,17,20H,2H2,1H3. The zero-order chi connectivity index (χ0) is 14.8. The van der Waals surface area contributed by atoms with E-state index < -0.39 is 0 Å². The summed E-state index contributed by atoms with van der Waals surface area (Å²) in [5.41, 5.74) is 0.679. The van der Waals surface area contributed by atoms with Gasteiger partial charge in [-0.15, -0.1) is 11.3 Å². The van der Waals surface area contributed by atoms with E-state index in [2.05, 4.69) is 39.4 Å². The maximum atomic E-state index is 14.2. The smallest absolute Gasteiger partial charge is 0.128 e. The van der Waals surface area contributed by atoms with E-state index in [9.17, 15) is 4.39 Å². The minimum atomic E-state index is -0.179. The second-order valence-electron chi connectivity index (χ2n) is 4.84. The maximum absolute atomic E-state index is 14.2. The van der Waals surface area contributed by atoms with Gasteiger partial charge >= 0.3 is 0 Å². The van der Waals surface area contributed by atoms with Gasteiger partial charge in [0.1, 0.15) is 5.82 Å². The monoisotopic (exact) mass is 363 g/mol. The lowest BCUT2D eigenvalue weighted by atomic mass is 10.0. The van der Waals surface area contributed by atoms with Crippen molar-refractivity contribution < 1.29 is 4.39 Å². The van der Waals surface area contributed by atoms with E-state index in [4.69, 9.17) is 0 Å². The van der Waals surface area contributed by atoms with Crippen molar-refractivity contribution in [1.29, 1.82) is 0 Å². The molecule has 4 heteroatoms. The van der Waals surface area contributed by atoms with Crippen LogP contribution < -0.4 is 5.32 Å². The number of hydrogen-bond acceptors (Lipinski definition) is 2. The average molecular weight is 364 g/mol. The summed E-state index contributed by atoms with van der Waals surface area (Å²) in [5.74, 6) is -0.179. The fourth-order valence-electron chi connectivity index (χ4n) is 2.45. The van der Waals surface area contributed by atoms with E-state index in [1.807, 2.05) is 25.1 Å². The molecule has 3 aromatic rings. The molecule has 3 rings (SSSR count). The Morgan fingerprint density at radius 3 is 2.76 bits per heavy atom. The van der Waals surface area contributed by atoms with Crippen LogP contribution in [0.5, 0.6) is 0 Å². The Morgan fingerprint density at radius 2 is 2.00 bits per heavy atom. The molecular formula is C17H15BrFNS. The van der Waals surface area contributed by atoms with E-state index >= 15 is 0 Å². The zero-order valence-corrected chi connectivity index (χ0v) is 14.0. The van der Waals surface area contributed by atoms with Crippen molar-refractivity contribution >= 4 is 37.4 Å². The van der Waals surface area contributed by atoms with Gasteiger partial charge in [-0.05, 0) is 42.3 Å². The fraction of sp³-hybridized carbons (Fsp3) is 0.176. The van der Waals surface area contributed by atoms with E-state index in [0.717, 1.165) is 15.9 Å². The molecule has 1 heterocycles. The molecule has 21 heavy (non-hydrogen) atoms. The maximum Gasteiger partial charge on any atom is 0.128 e. The molecule has 0 amide bonds. The topological polar surface area (TPSA) is 12.0 Å². The second-order valence-corrected chi connectivity index (χ2v) is 6.87. The highest BCUT2D eigenvalue weighted by Gasteiger charge is 2.19. The quantitative estimate of drug-likeness (QED) is 0.644. The van der Waals surface area contributed by atoms with Gasteiger partial charge in [-0.1, -0.05) is 41.1 Å². The van der Waals surface area contributed by atoms with Crippen LogP contribution in [0.15, 0.2) is 53.0 Å². The highest BCUT2D eigenvalue weighted by Crippen LogP contribution is 2.34. The number of halogens is 2. The molecule has 0 saturated heterocycles. The van der Waals surface area contributed by atoms with Gasteiger partial charge in [0.05, 0.1) is 6.04 Å². The first-order valence-electron chi connectivity index (χ1n) is 6.86. The Morgan fingerprint density at radius 1 is 1.19 bits per heavy atom. The number of fused-ring (bicyclic) bond motifs is 1. The predicted octanol–water partition coefficient (Wildman–Crippen LogP) is 5.50. The molecule has 2 aromatic carbocycles. The first-order chi connectivity index (χ1) is 10.2. The fourth-order valence-corrected chi connectivity index (χ4v) is 3.99. The Labute approximate surface area is 135 Å². The average Bonchev–Trinajstić information content (AvgIpc) is 2.91. The summed E-state index contributed by atoms with van der Waals surface area (Å²) in [5, 5.41) is 4.60. The third-order valence-corrected chi connectivity index (χ3v) is 5.08. The molecule has 1 atom stereocenters. The van der Waals surface area contributed by atoms with Crippen molar-refractivity contribution in [2.75, 3.05) is 6.54 Å². The van der Waals surface area contributed by atoms with E-state index in [0.29, 0.717) is 5.56 Å². The molecule has 0 radical (unpaired) electrons. The van der Waals surface area contributed by atoms with Gasteiger partial charge in [-0.2, -0.15) is 0 Å². The van der Waals surface area contributed by atoms with Crippen molar-refractivity contribution in [3.05, 3.63) is 69.3 Å². The number of nitrogens with one attached hydrogen (secondary N) is 1. The van der Waals surface area contributed by atoms with Crippen molar-refractivity contribution in [1.82, 2.24) is 5.32 Å². The van der Waals surface area contributed by atoms with Gasteiger partial charge in [0.15, 0.2) is 0 Å². The molecule has 1 nitrogen and oxygen atoms in total. The lowest BCUT2D eigenvalue weighted by Gasteiger charge is -2.18. The molecule has 0 fully saturated rings. The molecule has 0 aliphatic carbocycles. The predicted molar refractivity (Wildman–Crippen MR) is 91.4 cm³/mol. The van der Waals surface area contributed by atoms with E-state index in [-0.39, 0.29) is 11.9 Å². The molecule has 1 aromatic heterocycles. The molecule has 1 unspecified atom stereocenters. The Balaban J connectivity index is 2.10. The van der Waals surface area contributed by atoms with E-state index in [1.54, 1.807) is 17.4 Å². The van der Waals surface area contributed by atoms with Gasteiger partial charge in [-0.25, -0.2) is 4.39 Å². The van der Waals surface area contributed by atoms with Crippen LogP contribution in [0.4, 0.5) is 4.39 Å². The summed E-state index contributed by atoms with van der Waals surface area (Å²) in [6.45, 7) is 2.82. The summed E-state index contributed by atoms with van der Waals surface area (Å²) in [4.78, 5) is 1.13. The summed E-state index contributed by atoms with van der Waals surface area (Å²) in [7, 11) is 0. The normalized spacial score (nSPS) is 12.7. The SMILES string of the molecule is CCNC(c1cc2ccccc2s1)c1cc(Br)ccc1F. The van der Waals surface area contributed by atoms with Gasteiger partial charge in [-0.3, -0.25) is 0 Å². The van der Waals surface area contributed by atoms with Gasteiger partial charge in [0, 0.05) is 19.6 Å². The van der Waals surface area contributed by atoms with Crippen molar-refractivity contribution in [2.45, 2.75) is 13.0 Å². The highest BCUT2D eigenvalue weighted by molar-refractivity contribution is 9.10. The zero-order valence-electron chi connectivity index (χ0n) is 11.6. The Hall–Kier alpha value is -1.23.